The number of rotatable bonds is 5. The second-order valence-electron chi connectivity index (χ2n) is 3.85. The maximum atomic E-state index is 11.1. The van der Waals surface area contributed by atoms with Crippen molar-refractivity contribution in [2.24, 2.45) is 4.99 Å². The Morgan fingerprint density at radius 2 is 1.83 bits per heavy atom. The molecule has 0 saturated heterocycles. The van der Waals surface area contributed by atoms with Crippen molar-refractivity contribution in [2.45, 2.75) is 20.3 Å². The van der Waals surface area contributed by atoms with E-state index in [1.54, 1.807) is 6.92 Å². The van der Waals surface area contributed by atoms with Crippen molar-refractivity contribution in [3.8, 4) is 0 Å². The lowest BCUT2D eigenvalue weighted by molar-refractivity contribution is -0.132. The molecule has 0 spiro atoms. The Bertz CT molecular complexity index is 475. The molecule has 0 heterocycles. The molecule has 0 aliphatic heterocycles. The van der Waals surface area contributed by atoms with Crippen LogP contribution in [-0.2, 0) is 11.2 Å². The van der Waals surface area contributed by atoms with Crippen molar-refractivity contribution < 1.29 is 15.0 Å². The molecule has 1 aromatic carbocycles. The van der Waals surface area contributed by atoms with Crippen molar-refractivity contribution in [1.29, 1.82) is 0 Å². The van der Waals surface area contributed by atoms with E-state index in [2.05, 4.69) is 4.99 Å². The van der Waals surface area contributed by atoms with Gasteiger partial charge in [0.1, 0.15) is 11.3 Å². The van der Waals surface area contributed by atoms with Gasteiger partial charge in [-0.15, -0.1) is 0 Å². The number of aliphatic hydroxyl groups is 1. The summed E-state index contributed by atoms with van der Waals surface area (Å²) in [6, 6.07) is 9.22. The first kappa shape index (κ1) is 14.0. The highest BCUT2D eigenvalue weighted by atomic mass is 16.4. The number of hydrogen-bond acceptors (Lipinski definition) is 3. The molecule has 96 valence electrons. The van der Waals surface area contributed by atoms with Crippen LogP contribution in [0.3, 0.4) is 0 Å². The third-order valence-electron chi connectivity index (χ3n) is 2.47. The Hall–Kier alpha value is -2.10. The van der Waals surface area contributed by atoms with E-state index in [0.29, 0.717) is 12.3 Å². The van der Waals surface area contributed by atoms with Gasteiger partial charge in [0.25, 0.3) is 0 Å². The van der Waals surface area contributed by atoms with Gasteiger partial charge in [-0.3, -0.25) is 4.99 Å². The predicted molar refractivity (Wildman–Crippen MR) is 71.1 cm³/mol. The topological polar surface area (TPSA) is 69.9 Å². The van der Waals surface area contributed by atoms with Gasteiger partial charge >= 0.3 is 5.97 Å². The predicted octanol–water partition coefficient (Wildman–Crippen LogP) is 2.61. The average molecular weight is 247 g/mol. The SMILES string of the molecule is CCN=C(C)C(C(=O)O)=C(O)Cc1ccccc1. The van der Waals surface area contributed by atoms with Gasteiger partial charge in [-0.2, -0.15) is 0 Å². The average Bonchev–Trinajstić information content (AvgIpc) is 2.30. The van der Waals surface area contributed by atoms with Gasteiger partial charge in [0, 0.05) is 18.7 Å². The lowest BCUT2D eigenvalue weighted by Gasteiger charge is -2.07. The van der Waals surface area contributed by atoms with Gasteiger partial charge in [0.15, 0.2) is 0 Å². The molecule has 0 radical (unpaired) electrons. The minimum absolute atomic E-state index is 0.110. The zero-order chi connectivity index (χ0) is 13.5. The second kappa shape index (κ2) is 6.59. The maximum absolute atomic E-state index is 11.1. The molecule has 0 atom stereocenters. The molecule has 0 fully saturated rings. The van der Waals surface area contributed by atoms with Crippen LogP contribution >= 0.6 is 0 Å². The molecule has 0 unspecified atom stereocenters. The van der Waals surface area contributed by atoms with Gasteiger partial charge in [0.2, 0.25) is 0 Å². The lowest BCUT2D eigenvalue weighted by atomic mass is 10.0. The third kappa shape index (κ3) is 3.73. The second-order valence-corrected chi connectivity index (χ2v) is 3.85. The van der Waals surface area contributed by atoms with Crippen molar-refractivity contribution in [2.75, 3.05) is 6.54 Å². The molecule has 1 aromatic rings. The van der Waals surface area contributed by atoms with E-state index in [0.717, 1.165) is 5.56 Å². The molecular weight excluding hydrogens is 230 g/mol. The fraction of sp³-hybridized carbons (Fsp3) is 0.286. The number of aliphatic imine (C=N–C) groups is 1. The number of carboxylic acid groups (broad SMARTS) is 1. The molecule has 1 rings (SSSR count). The highest BCUT2D eigenvalue weighted by Gasteiger charge is 2.17. The normalized spacial score (nSPS) is 13.1. The van der Waals surface area contributed by atoms with E-state index in [1.165, 1.54) is 0 Å². The number of aliphatic hydroxyl groups excluding tert-OH is 1. The first-order valence-corrected chi connectivity index (χ1v) is 5.77. The molecule has 0 aromatic heterocycles. The first-order valence-electron chi connectivity index (χ1n) is 5.77. The number of carbonyl (C=O) groups is 1. The Morgan fingerprint density at radius 1 is 1.22 bits per heavy atom. The van der Waals surface area contributed by atoms with E-state index < -0.39 is 5.97 Å². The van der Waals surface area contributed by atoms with Crippen LogP contribution in [0, 0.1) is 0 Å². The van der Waals surface area contributed by atoms with E-state index in [1.807, 2.05) is 37.3 Å². The van der Waals surface area contributed by atoms with Crippen LogP contribution < -0.4 is 0 Å². The number of carboxylic acids is 1. The quantitative estimate of drug-likeness (QED) is 0.477. The third-order valence-corrected chi connectivity index (χ3v) is 2.47. The Kier molecular flexibility index (Phi) is 5.11. The summed E-state index contributed by atoms with van der Waals surface area (Å²) in [5.41, 5.74) is 1.09. The fourth-order valence-corrected chi connectivity index (χ4v) is 1.68. The van der Waals surface area contributed by atoms with Crippen LogP contribution in [0.4, 0.5) is 0 Å². The summed E-state index contributed by atoms with van der Waals surface area (Å²) in [4.78, 5) is 15.2. The molecule has 0 amide bonds. The zero-order valence-electron chi connectivity index (χ0n) is 10.6. The molecule has 4 nitrogen and oxygen atoms in total. The summed E-state index contributed by atoms with van der Waals surface area (Å²) in [5, 5.41) is 19.1. The van der Waals surface area contributed by atoms with Gasteiger partial charge in [-0.1, -0.05) is 30.3 Å². The summed E-state index contributed by atoms with van der Waals surface area (Å²) >= 11 is 0. The number of benzene rings is 1. The molecule has 2 N–H and O–H groups in total. The van der Waals surface area contributed by atoms with Crippen LogP contribution in [0.1, 0.15) is 19.4 Å². The minimum atomic E-state index is -1.15. The Balaban J connectivity index is 3.06. The molecule has 0 saturated carbocycles. The van der Waals surface area contributed by atoms with Gasteiger partial charge < -0.3 is 10.2 Å². The molecule has 18 heavy (non-hydrogen) atoms. The summed E-state index contributed by atoms with van der Waals surface area (Å²) < 4.78 is 0. The molecule has 0 aliphatic carbocycles. The summed E-state index contributed by atoms with van der Waals surface area (Å²) in [6.45, 7) is 3.90. The highest BCUT2D eigenvalue weighted by Crippen LogP contribution is 2.12. The van der Waals surface area contributed by atoms with E-state index in [-0.39, 0.29) is 17.8 Å². The van der Waals surface area contributed by atoms with Crippen LogP contribution in [0.2, 0.25) is 0 Å². The monoisotopic (exact) mass is 247 g/mol. The van der Waals surface area contributed by atoms with Crippen molar-refractivity contribution in [3.05, 3.63) is 47.2 Å². The molecular formula is C14H17NO3. The van der Waals surface area contributed by atoms with Gasteiger partial charge in [-0.25, -0.2) is 4.79 Å². The largest absolute Gasteiger partial charge is 0.511 e. The Morgan fingerprint density at radius 3 is 2.33 bits per heavy atom. The summed E-state index contributed by atoms with van der Waals surface area (Å²) in [7, 11) is 0. The first-order chi connectivity index (χ1) is 8.56. The van der Waals surface area contributed by atoms with Crippen LogP contribution in [0.15, 0.2) is 46.7 Å². The molecule has 0 bridgehead atoms. The number of hydrogen-bond donors (Lipinski definition) is 2. The maximum Gasteiger partial charge on any atom is 0.340 e. The van der Waals surface area contributed by atoms with E-state index in [4.69, 9.17) is 5.11 Å². The lowest BCUT2D eigenvalue weighted by Crippen LogP contribution is -2.14. The van der Waals surface area contributed by atoms with Crippen molar-refractivity contribution >= 4 is 11.7 Å². The van der Waals surface area contributed by atoms with E-state index in [9.17, 15) is 9.90 Å². The number of allylic oxidation sites excluding steroid dienone is 1. The van der Waals surface area contributed by atoms with E-state index >= 15 is 0 Å². The highest BCUT2D eigenvalue weighted by molar-refractivity contribution is 6.18. The fourth-order valence-electron chi connectivity index (χ4n) is 1.68. The summed E-state index contributed by atoms with van der Waals surface area (Å²) in [6.07, 6.45) is 0.193. The molecule has 0 aliphatic rings. The van der Waals surface area contributed by atoms with Gasteiger partial charge in [0.05, 0.1) is 0 Å². The number of aliphatic carboxylic acids is 1. The number of nitrogens with zero attached hydrogens (tertiary/aromatic N) is 1. The minimum Gasteiger partial charge on any atom is -0.511 e. The standard InChI is InChI=1S/C14H17NO3/c1-3-15-10(2)13(14(17)18)12(16)9-11-7-5-4-6-8-11/h4-8,16H,3,9H2,1-2H3,(H,17,18). The molecule has 4 heteroatoms. The van der Waals surface area contributed by atoms with Gasteiger partial charge in [-0.05, 0) is 19.4 Å². The van der Waals surface area contributed by atoms with Crippen LogP contribution in [-0.4, -0.2) is 28.4 Å². The zero-order valence-corrected chi connectivity index (χ0v) is 10.6. The van der Waals surface area contributed by atoms with Crippen LogP contribution in [0.25, 0.3) is 0 Å². The van der Waals surface area contributed by atoms with Crippen molar-refractivity contribution in [3.63, 3.8) is 0 Å². The van der Waals surface area contributed by atoms with Crippen LogP contribution in [0.5, 0.6) is 0 Å². The Labute approximate surface area is 106 Å². The summed E-state index contributed by atoms with van der Waals surface area (Å²) in [5.74, 6) is -1.32. The van der Waals surface area contributed by atoms with Crippen molar-refractivity contribution in [1.82, 2.24) is 0 Å². The smallest absolute Gasteiger partial charge is 0.340 e.